The average Bonchev–Trinajstić information content (AvgIpc) is 2.69. The van der Waals surface area contributed by atoms with Crippen molar-refractivity contribution in [1.82, 2.24) is 10.3 Å². The Bertz CT molecular complexity index is 855. The zero-order valence-corrected chi connectivity index (χ0v) is 14.4. The third-order valence-electron chi connectivity index (χ3n) is 4.74. The summed E-state index contributed by atoms with van der Waals surface area (Å²) in [5, 5.41) is 5.66. The van der Waals surface area contributed by atoms with Gasteiger partial charge >= 0.3 is 0 Å². The maximum atomic E-state index is 6.41. The maximum Gasteiger partial charge on any atom is 0.128 e. The van der Waals surface area contributed by atoms with E-state index in [-0.39, 0.29) is 6.10 Å². The van der Waals surface area contributed by atoms with Crippen molar-refractivity contribution in [2.24, 2.45) is 0 Å². The Kier molecular flexibility index (Phi) is 4.53. The molecule has 2 heterocycles. The van der Waals surface area contributed by atoms with Gasteiger partial charge in [-0.1, -0.05) is 12.1 Å². The average molecular weight is 334 g/mol. The highest BCUT2D eigenvalue weighted by atomic mass is 16.5. The Labute approximate surface area is 147 Å². The van der Waals surface area contributed by atoms with E-state index in [9.17, 15) is 0 Å². The van der Waals surface area contributed by atoms with Crippen molar-refractivity contribution in [2.75, 3.05) is 20.2 Å². The van der Waals surface area contributed by atoms with Crippen molar-refractivity contribution < 1.29 is 9.47 Å². The van der Waals surface area contributed by atoms with Gasteiger partial charge in [-0.2, -0.15) is 0 Å². The highest BCUT2D eigenvalue weighted by molar-refractivity contribution is 5.99. The van der Waals surface area contributed by atoms with Crippen LogP contribution < -0.4 is 14.8 Å². The molecule has 1 aliphatic rings. The van der Waals surface area contributed by atoms with Gasteiger partial charge in [0.1, 0.15) is 17.6 Å². The molecule has 1 aliphatic heterocycles. The minimum atomic E-state index is 0.262. The summed E-state index contributed by atoms with van der Waals surface area (Å²) in [6.45, 7) is 2.03. The number of methoxy groups -OCH3 is 1. The largest absolute Gasteiger partial charge is 0.497 e. The van der Waals surface area contributed by atoms with E-state index in [0.29, 0.717) is 0 Å². The zero-order chi connectivity index (χ0) is 17.1. The number of piperidine rings is 1. The Morgan fingerprint density at radius 1 is 1.00 bits per heavy atom. The van der Waals surface area contributed by atoms with Gasteiger partial charge < -0.3 is 14.8 Å². The third-order valence-corrected chi connectivity index (χ3v) is 4.74. The van der Waals surface area contributed by atoms with Gasteiger partial charge in [0, 0.05) is 23.3 Å². The van der Waals surface area contributed by atoms with Crippen molar-refractivity contribution in [3.63, 3.8) is 0 Å². The number of aromatic nitrogens is 1. The van der Waals surface area contributed by atoms with E-state index in [0.717, 1.165) is 59.3 Å². The van der Waals surface area contributed by atoms with Crippen LogP contribution in [0.1, 0.15) is 12.8 Å². The van der Waals surface area contributed by atoms with Crippen LogP contribution in [-0.2, 0) is 0 Å². The number of ether oxygens (including phenoxy) is 2. The fraction of sp³-hybridized carbons (Fsp3) is 0.286. The summed E-state index contributed by atoms with van der Waals surface area (Å²) in [5.41, 5.74) is 2.25. The number of benzene rings is 2. The monoisotopic (exact) mass is 334 g/mol. The quantitative estimate of drug-likeness (QED) is 0.782. The molecule has 1 saturated heterocycles. The molecule has 0 spiro atoms. The van der Waals surface area contributed by atoms with Crippen molar-refractivity contribution in [3.05, 3.63) is 54.9 Å². The van der Waals surface area contributed by atoms with Crippen molar-refractivity contribution >= 4 is 10.8 Å². The second kappa shape index (κ2) is 7.11. The fourth-order valence-corrected chi connectivity index (χ4v) is 3.40. The Morgan fingerprint density at radius 2 is 1.80 bits per heavy atom. The predicted molar refractivity (Wildman–Crippen MR) is 100 cm³/mol. The van der Waals surface area contributed by atoms with Crippen LogP contribution in [0.4, 0.5) is 0 Å². The van der Waals surface area contributed by atoms with Crippen LogP contribution in [-0.4, -0.2) is 31.3 Å². The molecular formula is C21H22N2O2. The van der Waals surface area contributed by atoms with E-state index in [4.69, 9.17) is 9.47 Å². The summed E-state index contributed by atoms with van der Waals surface area (Å²) >= 11 is 0. The summed E-state index contributed by atoms with van der Waals surface area (Å²) in [4.78, 5) is 4.25. The van der Waals surface area contributed by atoms with E-state index >= 15 is 0 Å². The molecule has 3 aromatic rings. The first-order valence-electron chi connectivity index (χ1n) is 8.73. The highest BCUT2D eigenvalue weighted by Gasteiger charge is 2.18. The molecule has 25 heavy (non-hydrogen) atoms. The molecule has 1 aromatic heterocycles. The number of nitrogens with zero attached hydrogens (tertiary/aromatic N) is 1. The standard InChI is InChI=1S/C21H22N2O2/c1-24-17-5-2-15(3-6-17)21-19-10-13-23-14-16(19)4-7-20(21)25-18-8-11-22-12-9-18/h2-7,10,13-14,18,22H,8-9,11-12H2,1H3. The molecule has 1 fully saturated rings. The van der Waals surface area contributed by atoms with E-state index in [1.165, 1.54) is 0 Å². The molecule has 0 aliphatic carbocycles. The molecule has 4 nitrogen and oxygen atoms in total. The molecule has 2 aromatic carbocycles. The molecule has 0 saturated carbocycles. The lowest BCUT2D eigenvalue weighted by molar-refractivity contribution is 0.163. The fourth-order valence-electron chi connectivity index (χ4n) is 3.40. The smallest absolute Gasteiger partial charge is 0.128 e. The van der Waals surface area contributed by atoms with Crippen LogP contribution in [0, 0.1) is 0 Å². The van der Waals surface area contributed by atoms with Gasteiger partial charge in [-0.25, -0.2) is 0 Å². The van der Waals surface area contributed by atoms with E-state index in [1.54, 1.807) is 7.11 Å². The lowest BCUT2D eigenvalue weighted by atomic mass is 9.98. The second-order valence-corrected chi connectivity index (χ2v) is 6.33. The van der Waals surface area contributed by atoms with E-state index in [2.05, 4.69) is 40.6 Å². The minimum absolute atomic E-state index is 0.262. The van der Waals surface area contributed by atoms with Crippen LogP contribution >= 0.6 is 0 Å². The van der Waals surface area contributed by atoms with Crippen LogP contribution in [0.2, 0.25) is 0 Å². The first-order chi connectivity index (χ1) is 12.3. The Hall–Kier alpha value is -2.59. The van der Waals surface area contributed by atoms with Crippen molar-refractivity contribution in [1.29, 1.82) is 0 Å². The minimum Gasteiger partial charge on any atom is -0.497 e. The van der Waals surface area contributed by atoms with Crippen LogP contribution in [0.5, 0.6) is 11.5 Å². The zero-order valence-electron chi connectivity index (χ0n) is 14.4. The van der Waals surface area contributed by atoms with Gasteiger partial charge in [0.15, 0.2) is 0 Å². The Balaban J connectivity index is 1.80. The van der Waals surface area contributed by atoms with Gasteiger partial charge in [0.05, 0.1) is 7.11 Å². The summed E-state index contributed by atoms with van der Waals surface area (Å²) in [5.74, 6) is 1.79. The predicted octanol–water partition coefficient (Wildman–Crippen LogP) is 4.04. The number of fused-ring (bicyclic) bond motifs is 1. The van der Waals surface area contributed by atoms with E-state index in [1.807, 2.05) is 24.5 Å². The van der Waals surface area contributed by atoms with Crippen LogP contribution in [0.25, 0.3) is 21.9 Å². The van der Waals surface area contributed by atoms with Gasteiger partial charge in [-0.05, 0) is 67.2 Å². The van der Waals surface area contributed by atoms with Crippen LogP contribution in [0.3, 0.4) is 0 Å². The maximum absolute atomic E-state index is 6.41. The normalized spacial score (nSPS) is 15.2. The summed E-state index contributed by atoms with van der Waals surface area (Å²) in [7, 11) is 1.68. The number of hydrogen-bond donors (Lipinski definition) is 1. The number of rotatable bonds is 4. The lowest BCUT2D eigenvalue weighted by Crippen LogP contribution is -2.34. The molecule has 4 heteroatoms. The van der Waals surface area contributed by atoms with Gasteiger partial charge in [-0.15, -0.1) is 0 Å². The summed E-state index contributed by atoms with van der Waals surface area (Å²) < 4.78 is 11.7. The first kappa shape index (κ1) is 15.9. The van der Waals surface area contributed by atoms with Crippen LogP contribution in [0.15, 0.2) is 54.9 Å². The Morgan fingerprint density at radius 3 is 2.56 bits per heavy atom. The highest BCUT2D eigenvalue weighted by Crippen LogP contribution is 2.38. The molecule has 0 radical (unpaired) electrons. The number of pyridine rings is 1. The van der Waals surface area contributed by atoms with Gasteiger partial charge in [-0.3, -0.25) is 4.98 Å². The molecular weight excluding hydrogens is 312 g/mol. The SMILES string of the molecule is COc1ccc(-c2c(OC3CCNCC3)ccc3cnccc23)cc1. The van der Waals surface area contributed by atoms with Crippen molar-refractivity contribution in [2.45, 2.75) is 18.9 Å². The number of nitrogens with one attached hydrogen (secondary N) is 1. The lowest BCUT2D eigenvalue weighted by Gasteiger charge is -2.25. The molecule has 4 rings (SSSR count). The van der Waals surface area contributed by atoms with Gasteiger partial charge in [0.25, 0.3) is 0 Å². The molecule has 128 valence electrons. The number of hydrogen-bond acceptors (Lipinski definition) is 4. The first-order valence-corrected chi connectivity index (χ1v) is 8.73. The summed E-state index contributed by atoms with van der Waals surface area (Å²) in [6.07, 6.45) is 6.07. The molecule has 0 atom stereocenters. The molecule has 0 unspecified atom stereocenters. The third kappa shape index (κ3) is 3.30. The second-order valence-electron chi connectivity index (χ2n) is 6.33. The van der Waals surface area contributed by atoms with Gasteiger partial charge in [0.2, 0.25) is 0 Å². The van der Waals surface area contributed by atoms with E-state index < -0.39 is 0 Å². The molecule has 1 N–H and O–H groups in total. The molecule has 0 amide bonds. The topological polar surface area (TPSA) is 43.4 Å². The molecule has 0 bridgehead atoms. The summed E-state index contributed by atoms with van der Waals surface area (Å²) in [6, 6.07) is 14.4. The van der Waals surface area contributed by atoms with Crippen molar-refractivity contribution in [3.8, 4) is 22.6 Å².